The molecule has 2 aromatic carbocycles. The summed E-state index contributed by atoms with van der Waals surface area (Å²) < 4.78 is 5.67. The van der Waals surface area contributed by atoms with E-state index in [-0.39, 0.29) is 0 Å². The number of hydrogen-bond donors (Lipinski definition) is 1. The van der Waals surface area contributed by atoms with Crippen molar-refractivity contribution in [3.05, 3.63) is 59.9 Å². The van der Waals surface area contributed by atoms with Gasteiger partial charge in [-0.3, -0.25) is 0 Å². The lowest BCUT2D eigenvalue weighted by Crippen LogP contribution is -2.04. The van der Waals surface area contributed by atoms with Crippen molar-refractivity contribution in [3.63, 3.8) is 0 Å². The molecule has 0 bridgehead atoms. The maximum atomic E-state index is 9.46. The number of hydrogen-bond acceptors (Lipinski definition) is 3. The van der Waals surface area contributed by atoms with Gasteiger partial charge in [0, 0.05) is 0 Å². The summed E-state index contributed by atoms with van der Waals surface area (Å²) in [6.45, 7) is 4.92. The standard InChI is InChI=1S/C20H19N3O/c1-14(2)13-24-17-9-7-15(8-10-17)11-16(12-21)20-22-18-5-3-4-6-19(18)23-20/h3-11,14H,13H2,1-2H3,(H,22,23)/b16-11+. The highest BCUT2D eigenvalue weighted by Gasteiger charge is 2.07. The molecule has 1 aromatic heterocycles. The molecule has 1 N–H and O–H groups in total. The Balaban J connectivity index is 1.83. The number of allylic oxidation sites excluding steroid dienone is 1. The zero-order valence-corrected chi connectivity index (χ0v) is 13.8. The Bertz CT molecular complexity index is 866. The number of para-hydroxylation sites is 2. The highest BCUT2D eigenvalue weighted by molar-refractivity contribution is 5.90. The van der Waals surface area contributed by atoms with Crippen LogP contribution in [0.1, 0.15) is 25.2 Å². The molecule has 0 atom stereocenters. The van der Waals surface area contributed by atoms with E-state index >= 15 is 0 Å². The maximum Gasteiger partial charge on any atom is 0.149 e. The van der Waals surface area contributed by atoms with Gasteiger partial charge < -0.3 is 9.72 Å². The zero-order chi connectivity index (χ0) is 16.9. The summed E-state index contributed by atoms with van der Waals surface area (Å²) in [5.74, 6) is 1.91. The first-order valence-corrected chi connectivity index (χ1v) is 7.95. The van der Waals surface area contributed by atoms with Gasteiger partial charge >= 0.3 is 0 Å². The second kappa shape index (κ2) is 7.01. The van der Waals surface area contributed by atoms with Crippen molar-refractivity contribution in [2.45, 2.75) is 13.8 Å². The predicted octanol–water partition coefficient (Wildman–Crippen LogP) is 4.66. The van der Waals surface area contributed by atoms with E-state index in [1.807, 2.05) is 54.6 Å². The number of nitriles is 1. The maximum absolute atomic E-state index is 9.46. The third kappa shape index (κ3) is 3.64. The molecule has 0 amide bonds. The van der Waals surface area contributed by atoms with Crippen molar-refractivity contribution >= 4 is 22.7 Å². The first-order chi connectivity index (χ1) is 11.7. The molecule has 4 nitrogen and oxygen atoms in total. The molecule has 0 radical (unpaired) electrons. The Morgan fingerprint density at radius 3 is 2.62 bits per heavy atom. The molecule has 1 heterocycles. The number of rotatable bonds is 5. The number of ether oxygens (including phenoxy) is 1. The van der Waals surface area contributed by atoms with Crippen LogP contribution in [-0.2, 0) is 0 Å². The van der Waals surface area contributed by atoms with E-state index in [1.54, 1.807) is 0 Å². The summed E-state index contributed by atoms with van der Waals surface area (Å²) in [6.07, 6.45) is 1.82. The molecule has 0 aliphatic rings. The first-order valence-electron chi connectivity index (χ1n) is 7.95. The Morgan fingerprint density at radius 2 is 1.96 bits per heavy atom. The molecule has 0 fully saturated rings. The van der Waals surface area contributed by atoms with Gasteiger partial charge in [0.05, 0.1) is 23.2 Å². The minimum atomic E-state index is 0.489. The third-order valence-corrected chi connectivity index (χ3v) is 3.54. The Hall–Kier alpha value is -3.06. The summed E-state index contributed by atoms with van der Waals surface area (Å²) in [6, 6.07) is 17.7. The molecule has 120 valence electrons. The van der Waals surface area contributed by atoms with Gasteiger partial charge in [-0.1, -0.05) is 38.1 Å². The lowest BCUT2D eigenvalue weighted by molar-refractivity contribution is 0.271. The highest BCUT2D eigenvalue weighted by atomic mass is 16.5. The summed E-state index contributed by atoms with van der Waals surface area (Å²) in [5.41, 5.74) is 3.21. The van der Waals surface area contributed by atoms with Crippen LogP contribution in [-0.4, -0.2) is 16.6 Å². The molecule has 0 saturated carbocycles. The molecule has 0 aliphatic carbocycles. The van der Waals surface area contributed by atoms with E-state index in [0.29, 0.717) is 23.9 Å². The summed E-state index contributed by atoms with van der Waals surface area (Å²) in [7, 11) is 0. The molecule has 0 spiro atoms. The number of benzene rings is 2. The van der Waals surface area contributed by atoms with Crippen LogP contribution >= 0.6 is 0 Å². The van der Waals surface area contributed by atoms with Gasteiger partial charge in [-0.25, -0.2) is 4.98 Å². The van der Waals surface area contributed by atoms with Crippen LogP contribution in [0, 0.1) is 17.2 Å². The van der Waals surface area contributed by atoms with Gasteiger partial charge in [0.2, 0.25) is 0 Å². The zero-order valence-electron chi connectivity index (χ0n) is 13.8. The number of imidazole rings is 1. The Labute approximate surface area is 141 Å². The molecule has 0 aliphatic heterocycles. The molecular weight excluding hydrogens is 298 g/mol. The van der Waals surface area contributed by atoms with E-state index < -0.39 is 0 Å². The van der Waals surface area contributed by atoms with Crippen LogP contribution < -0.4 is 4.74 Å². The molecule has 0 saturated heterocycles. The monoisotopic (exact) mass is 317 g/mol. The van der Waals surface area contributed by atoms with E-state index in [2.05, 4.69) is 29.9 Å². The topological polar surface area (TPSA) is 61.7 Å². The van der Waals surface area contributed by atoms with Crippen LogP contribution in [0.25, 0.3) is 22.7 Å². The minimum absolute atomic E-state index is 0.489. The largest absolute Gasteiger partial charge is 0.493 e. The molecule has 4 heteroatoms. The number of H-pyrrole nitrogens is 1. The number of aromatic amines is 1. The third-order valence-electron chi connectivity index (χ3n) is 3.54. The van der Waals surface area contributed by atoms with Crippen molar-refractivity contribution in [1.82, 2.24) is 9.97 Å². The molecule has 3 rings (SSSR count). The SMILES string of the molecule is CC(C)COc1ccc(/C=C(\C#N)c2nc3ccccc3[nH]2)cc1. The average molecular weight is 317 g/mol. The lowest BCUT2D eigenvalue weighted by Gasteiger charge is -2.08. The van der Waals surface area contributed by atoms with Gasteiger partial charge in [-0.15, -0.1) is 0 Å². The van der Waals surface area contributed by atoms with Crippen molar-refractivity contribution in [1.29, 1.82) is 5.26 Å². The number of nitrogens with one attached hydrogen (secondary N) is 1. The van der Waals surface area contributed by atoms with Crippen molar-refractivity contribution in [2.75, 3.05) is 6.61 Å². The van der Waals surface area contributed by atoms with Gasteiger partial charge in [0.15, 0.2) is 0 Å². The Kier molecular flexibility index (Phi) is 4.62. The van der Waals surface area contributed by atoms with Gasteiger partial charge in [0.25, 0.3) is 0 Å². The normalized spacial score (nSPS) is 11.7. The lowest BCUT2D eigenvalue weighted by atomic mass is 10.1. The smallest absolute Gasteiger partial charge is 0.149 e. The van der Waals surface area contributed by atoms with Gasteiger partial charge in [-0.2, -0.15) is 5.26 Å². The fourth-order valence-corrected chi connectivity index (χ4v) is 2.32. The fourth-order valence-electron chi connectivity index (χ4n) is 2.32. The van der Waals surface area contributed by atoms with Crippen LogP contribution in [0.3, 0.4) is 0 Å². The van der Waals surface area contributed by atoms with Crippen LogP contribution in [0.4, 0.5) is 0 Å². The predicted molar refractivity (Wildman–Crippen MR) is 96.4 cm³/mol. The van der Waals surface area contributed by atoms with Crippen LogP contribution in [0.5, 0.6) is 5.75 Å². The number of nitrogens with zero attached hydrogens (tertiary/aromatic N) is 2. The number of fused-ring (bicyclic) bond motifs is 1. The average Bonchev–Trinajstić information content (AvgIpc) is 3.02. The van der Waals surface area contributed by atoms with Crippen LogP contribution in [0.2, 0.25) is 0 Å². The number of aromatic nitrogens is 2. The molecule has 24 heavy (non-hydrogen) atoms. The molecular formula is C20H19N3O. The first kappa shape index (κ1) is 15.8. The fraction of sp³-hybridized carbons (Fsp3) is 0.200. The van der Waals surface area contributed by atoms with E-state index in [9.17, 15) is 5.26 Å². The highest BCUT2D eigenvalue weighted by Crippen LogP contribution is 2.20. The summed E-state index contributed by atoms with van der Waals surface area (Å²) >= 11 is 0. The second-order valence-corrected chi connectivity index (χ2v) is 6.05. The van der Waals surface area contributed by atoms with E-state index in [4.69, 9.17) is 4.74 Å². The van der Waals surface area contributed by atoms with Gasteiger partial charge in [0.1, 0.15) is 17.6 Å². The van der Waals surface area contributed by atoms with Crippen molar-refractivity contribution < 1.29 is 4.74 Å². The quantitative estimate of drug-likeness (QED) is 0.696. The Morgan fingerprint density at radius 1 is 1.21 bits per heavy atom. The molecule has 3 aromatic rings. The van der Waals surface area contributed by atoms with Crippen molar-refractivity contribution in [3.8, 4) is 11.8 Å². The second-order valence-electron chi connectivity index (χ2n) is 6.05. The van der Waals surface area contributed by atoms with E-state index in [1.165, 1.54) is 0 Å². The summed E-state index contributed by atoms with van der Waals surface area (Å²) in [4.78, 5) is 7.66. The molecule has 0 unspecified atom stereocenters. The van der Waals surface area contributed by atoms with Crippen molar-refractivity contribution in [2.24, 2.45) is 5.92 Å². The van der Waals surface area contributed by atoms with E-state index in [0.717, 1.165) is 22.3 Å². The minimum Gasteiger partial charge on any atom is -0.493 e. The van der Waals surface area contributed by atoms with Gasteiger partial charge in [-0.05, 0) is 41.8 Å². The van der Waals surface area contributed by atoms with Crippen LogP contribution in [0.15, 0.2) is 48.5 Å². The summed E-state index contributed by atoms with van der Waals surface area (Å²) in [5, 5.41) is 9.46.